The van der Waals surface area contributed by atoms with Gasteiger partial charge in [0.1, 0.15) is 11.6 Å². The van der Waals surface area contributed by atoms with Crippen LogP contribution in [0.5, 0.6) is 0 Å². The second-order valence-electron chi connectivity index (χ2n) is 6.19. The Labute approximate surface area is 150 Å². The van der Waals surface area contributed by atoms with E-state index in [1.54, 1.807) is 12.1 Å². The maximum atomic E-state index is 13.7. The Morgan fingerprint density at radius 1 is 1.04 bits per heavy atom. The summed E-state index contributed by atoms with van der Waals surface area (Å²) in [6.07, 6.45) is 1.35. The smallest absolute Gasteiger partial charge is 0.321 e. The third-order valence-electron chi connectivity index (χ3n) is 4.29. The molecule has 3 rings (SSSR count). The van der Waals surface area contributed by atoms with E-state index >= 15 is 0 Å². The molecule has 0 radical (unpaired) electrons. The highest BCUT2D eigenvalue weighted by Crippen LogP contribution is 2.21. The summed E-state index contributed by atoms with van der Waals surface area (Å²) in [4.78, 5) is 26.2. The minimum Gasteiger partial charge on any atom is -0.326 e. The molecule has 2 aromatic carbocycles. The molecule has 1 aliphatic heterocycles. The molecule has 1 atom stereocenters. The Bertz CT molecular complexity index is 799. The summed E-state index contributed by atoms with van der Waals surface area (Å²) in [5, 5.41) is 5.27. The third kappa shape index (κ3) is 4.36. The average molecular weight is 359 g/mol. The number of carbonyl (C=O) groups is 2. The zero-order valence-corrected chi connectivity index (χ0v) is 14.0. The first kappa shape index (κ1) is 17.8. The molecule has 0 aliphatic carbocycles. The normalized spacial score (nSPS) is 16.8. The van der Waals surface area contributed by atoms with Gasteiger partial charge in [0.15, 0.2) is 0 Å². The quantitative estimate of drug-likeness (QED) is 0.874. The number of amides is 3. The van der Waals surface area contributed by atoms with Crippen molar-refractivity contribution in [2.45, 2.75) is 12.8 Å². The van der Waals surface area contributed by atoms with Crippen molar-refractivity contribution in [2.24, 2.45) is 5.92 Å². The van der Waals surface area contributed by atoms with Gasteiger partial charge in [-0.1, -0.05) is 18.2 Å². The van der Waals surface area contributed by atoms with E-state index in [0.29, 0.717) is 31.1 Å². The minimum absolute atomic E-state index is 0.0905. The van der Waals surface area contributed by atoms with E-state index in [9.17, 15) is 18.4 Å². The van der Waals surface area contributed by atoms with Crippen molar-refractivity contribution in [3.05, 3.63) is 60.2 Å². The zero-order chi connectivity index (χ0) is 18.5. The number of nitrogens with one attached hydrogen (secondary N) is 2. The van der Waals surface area contributed by atoms with Gasteiger partial charge in [-0.05, 0) is 37.1 Å². The molecule has 0 aromatic heterocycles. The van der Waals surface area contributed by atoms with Gasteiger partial charge in [0.05, 0.1) is 11.6 Å². The van der Waals surface area contributed by atoms with Crippen molar-refractivity contribution in [2.75, 3.05) is 23.7 Å². The van der Waals surface area contributed by atoms with E-state index in [1.165, 1.54) is 11.0 Å². The summed E-state index contributed by atoms with van der Waals surface area (Å²) in [5.41, 5.74) is 0.611. The molecule has 5 nitrogen and oxygen atoms in total. The second kappa shape index (κ2) is 7.95. The van der Waals surface area contributed by atoms with Crippen LogP contribution in [0.1, 0.15) is 12.8 Å². The predicted octanol–water partition coefficient (Wildman–Crippen LogP) is 3.85. The fraction of sp³-hybridized carbons (Fsp3) is 0.263. The number of nitrogens with zero attached hydrogens (tertiary/aromatic N) is 1. The summed E-state index contributed by atoms with van der Waals surface area (Å²) in [6, 6.07) is 11.6. The molecule has 2 aromatic rings. The van der Waals surface area contributed by atoms with Crippen LogP contribution < -0.4 is 10.6 Å². The Balaban J connectivity index is 1.60. The summed E-state index contributed by atoms with van der Waals surface area (Å²) in [7, 11) is 0. The van der Waals surface area contributed by atoms with E-state index < -0.39 is 17.7 Å². The van der Waals surface area contributed by atoms with Crippen LogP contribution in [-0.4, -0.2) is 29.9 Å². The SMILES string of the molecule is O=C(Nc1ccccc1)C1CCCN(C(=O)Nc2ccc(F)cc2F)C1. The van der Waals surface area contributed by atoms with Crippen molar-refractivity contribution in [3.8, 4) is 0 Å². The van der Waals surface area contributed by atoms with E-state index in [0.717, 1.165) is 6.07 Å². The first-order valence-corrected chi connectivity index (χ1v) is 8.40. The van der Waals surface area contributed by atoms with Gasteiger partial charge < -0.3 is 15.5 Å². The molecule has 136 valence electrons. The van der Waals surface area contributed by atoms with Crippen LogP contribution in [0.2, 0.25) is 0 Å². The van der Waals surface area contributed by atoms with E-state index in [2.05, 4.69) is 10.6 Å². The molecule has 1 unspecified atom stereocenters. The summed E-state index contributed by atoms with van der Waals surface area (Å²) in [5.74, 6) is -2.04. The highest BCUT2D eigenvalue weighted by atomic mass is 19.1. The van der Waals surface area contributed by atoms with Crippen LogP contribution >= 0.6 is 0 Å². The lowest BCUT2D eigenvalue weighted by Crippen LogP contribution is -2.45. The maximum Gasteiger partial charge on any atom is 0.321 e. The number of benzene rings is 2. The number of anilines is 2. The van der Waals surface area contributed by atoms with E-state index in [1.807, 2.05) is 18.2 Å². The van der Waals surface area contributed by atoms with Gasteiger partial charge in [0.2, 0.25) is 5.91 Å². The molecule has 7 heteroatoms. The number of rotatable bonds is 3. The molecular formula is C19H19F2N3O2. The second-order valence-corrected chi connectivity index (χ2v) is 6.19. The molecule has 1 fully saturated rings. The molecule has 3 amide bonds. The molecule has 0 bridgehead atoms. The Hall–Kier alpha value is -2.96. The molecule has 0 saturated carbocycles. The first-order valence-electron chi connectivity index (χ1n) is 8.40. The van der Waals surface area contributed by atoms with Crippen LogP contribution in [0, 0.1) is 17.6 Å². The van der Waals surface area contributed by atoms with Crippen LogP contribution in [-0.2, 0) is 4.79 Å². The fourth-order valence-electron chi connectivity index (χ4n) is 2.93. The Morgan fingerprint density at radius 2 is 1.81 bits per heavy atom. The van der Waals surface area contributed by atoms with Gasteiger partial charge >= 0.3 is 6.03 Å². The summed E-state index contributed by atoms with van der Waals surface area (Å²) in [6.45, 7) is 0.719. The largest absolute Gasteiger partial charge is 0.326 e. The number of hydrogen-bond acceptors (Lipinski definition) is 2. The fourth-order valence-corrected chi connectivity index (χ4v) is 2.93. The lowest BCUT2D eigenvalue weighted by Gasteiger charge is -2.32. The monoisotopic (exact) mass is 359 g/mol. The molecule has 2 N–H and O–H groups in total. The molecule has 1 aliphatic rings. The number of urea groups is 1. The first-order chi connectivity index (χ1) is 12.5. The lowest BCUT2D eigenvalue weighted by atomic mass is 9.97. The van der Waals surface area contributed by atoms with Crippen molar-refractivity contribution in [3.63, 3.8) is 0 Å². The number of likely N-dealkylation sites (tertiary alicyclic amines) is 1. The Morgan fingerprint density at radius 3 is 2.54 bits per heavy atom. The van der Waals surface area contributed by atoms with Gasteiger partial charge in [0.25, 0.3) is 0 Å². The highest BCUT2D eigenvalue weighted by molar-refractivity contribution is 5.94. The molecule has 26 heavy (non-hydrogen) atoms. The number of para-hydroxylation sites is 1. The lowest BCUT2D eigenvalue weighted by molar-refractivity contribution is -0.121. The van der Waals surface area contributed by atoms with Crippen molar-refractivity contribution >= 4 is 23.3 Å². The summed E-state index contributed by atoms with van der Waals surface area (Å²) >= 11 is 0. The van der Waals surface area contributed by atoms with Crippen molar-refractivity contribution in [1.29, 1.82) is 0 Å². The number of carbonyl (C=O) groups excluding carboxylic acids is 2. The summed E-state index contributed by atoms with van der Waals surface area (Å²) < 4.78 is 26.6. The van der Waals surface area contributed by atoms with Crippen molar-refractivity contribution in [1.82, 2.24) is 4.90 Å². The maximum absolute atomic E-state index is 13.7. The van der Waals surface area contributed by atoms with Gasteiger partial charge in [-0.2, -0.15) is 0 Å². The molecule has 0 spiro atoms. The van der Waals surface area contributed by atoms with Crippen LogP contribution in [0.25, 0.3) is 0 Å². The minimum atomic E-state index is -0.839. The van der Waals surface area contributed by atoms with Gasteiger partial charge in [0, 0.05) is 24.8 Å². The molecule has 1 saturated heterocycles. The van der Waals surface area contributed by atoms with Crippen molar-refractivity contribution < 1.29 is 18.4 Å². The highest BCUT2D eigenvalue weighted by Gasteiger charge is 2.28. The topological polar surface area (TPSA) is 61.4 Å². The number of halogens is 2. The molecule has 1 heterocycles. The average Bonchev–Trinajstić information content (AvgIpc) is 2.65. The third-order valence-corrected chi connectivity index (χ3v) is 4.29. The van der Waals surface area contributed by atoms with Gasteiger partial charge in [-0.15, -0.1) is 0 Å². The van der Waals surface area contributed by atoms with E-state index in [-0.39, 0.29) is 24.1 Å². The number of hydrogen-bond donors (Lipinski definition) is 2. The van der Waals surface area contributed by atoms with Crippen LogP contribution in [0.3, 0.4) is 0 Å². The van der Waals surface area contributed by atoms with Crippen LogP contribution in [0.4, 0.5) is 25.0 Å². The van der Waals surface area contributed by atoms with E-state index in [4.69, 9.17) is 0 Å². The van der Waals surface area contributed by atoms with Gasteiger partial charge in [-0.25, -0.2) is 13.6 Å². The standard InChI is InChI=1S/C19H19F2N3O2/c20-14-8-9-17(16(21)11-14)23-19(26)24-10-4-5-13(12-24)18(25)22-15-6-2-1-3-7-15/h1-3,6-9,11,13H,4-5,10,12H2,(H,22,25)(H,23,26). The van der Waals surface area contributed by atoms with Gasteiger partial charge in [-0.3, -0.25) is 4.79 Å². The predicted molar refractivity (Wildman–Crippen MR) is 94.7 cm³/mol. The zero-order valence-electron chi connectivity index (χ0n) is 14.0. The molecular weight excluding hydrogens is 340 g/mol. The van der Waals surface area contributed by atoms with Crippen LogP contribution in [0.15, 0.2) is 48.5 Å². The number of piperidine rings is 1. The Kier molecular flexibility index (Phi) is 5.46.